The second kappa shape index (κ2) is 8.37. The Hall–Kier alpha value is -2.66. The van der Waals surface area contributed by atoms with Crippen LogP contribution in [0.4, 0.5) is 5.69 Å². The topological polar surface area (TPSA) is 57.7 Å². The van der Waals surface area contributed by atoms with Crippen LogP contribution in [0.1, 0.15) is 39.2 Å². The van der Waals surface area contributed by atoms with E-state index in [-0.39, 0.29) is 42.5 Å². The Bertz CT molecular complexity index is 921. The van der Waals surface area contributed by atoms with Crippen LogP contribution in [-0.4, -0.2) is 28.7 Å². The fraction of sp³-hybridized carbons (Fsp3) is 0.348. The summed E-state index contributed by atoms with van der Waals surface area (Å²) in [4.78, 5) is 41.7. The standard InChI is InChI=1S/C23H25ClN2O3/c1-23(2,3)14-21(28)25(15-16-9-7-8-12-18(16)24)19-13-20(27)26(22(19)29)17-10-5-4-6-11-17/h4-12,19H,13-15H2,1-3H3. The van der Waals surface area contributed by atoms with Crippen LogP contribution < -0.4 is 4.90 Å². The third-order valence-electron chi connectivity index (χ3n) is 4.81. The minimum atomic E-state index is -0.839. The van der Waals surface area contributed by atoms with Crippen LogP contribution in [0.15, 0.2) is 54.6 Å². The number of halogens is 1. The second-order valence-corrected chi connectivity index (χ2v) is 8.88. The van der Waals surface area contributed by atoms with Crippen LogP contribution in [-0.2, 0) is 20.9 Å². The fourth-order valence-electron chi connectivity index (χ4n) is 3.45. The maximum atomic E-state index is 13.2. The average molecular weight is 413 g/mol. The molecule has 0 saturated carbocycles. The molecule has 1 atom stereocenters. The molecule has 0 bridgehead atoms. The molecule has 152 valence electrons. The molecule has 5 nitrogen and oxygen atoms in total. The van der Waals surface area contributed by atoms with Gasteiger partial charge in [0.15, 0.2) is 0 Å². The summed E-state index contributed by atoms with van der Waals surface area (Å²) in [5.74, 6) is -0.854. The molecule has 0 spiro atoms. The first-order valence-electron chi connectivity index (χ1n) is 9.62. The summed E-state index contributed by atoms with van der Waals surface area (Å²) in [5, 5.41) is 0.526. The second-order valence-electron chi connectivity index (χ2n) is 8.47. The van der Waals surface area contributed by atoms with Gasteiger partial charge in [0.25, 0.3) is 5.91 Å². The average Bonchev–Trinajstić information content (AvgIpc) is 2.94. The van der Waals surface area contributed by atoms with Crippen LogP contribution >= 0.6 is 11.6 Å². The van der Waals surface area contributed by atoms with Crippen LogP contribution in [0.2, 0.25) is 5.02 Å². The van der Waals surface area contributed by atoms with Crippen LogP contribution in [0, 0.1) is 5.41 Å². The molecule has 1 aliphatic heterocycles. The van der Waals surface area contributed by atoms with Gasteiger partial charge in [0.05, 0.1) is 12.1 Å². The molecular formula is C23H25ClN2O3. The van der Waals surface area contributed by atoms with Gasteiger partial charge in [-0.05, 0) is 29.2 Å². The van der Waals surface area contributed by atoms with Crippen molar-refractivity contribution in [1.82, 2.24) is 4.90 Å². The van der Waals surface area contributed by atoms with Gasteiger partial charge in [-0.1, -0.05) is 68.8 Å². The molecule has 1 saturated heterocycles. The number of rotatable bonds is 5. The molecule has 0 aromatic heterocycles. The molecular weight excluding hydrogens is 388 g/mol. The maximum absolute atomic E-state index is 13.2. The van der Waals surface area contributed by atoms with Gasteiger partial charge in [0.1, 0.15) is 6.04 Å². The monoisotopic (exact) mass is 412 g/mol. The van der Waals surface area contributed by atoms with Crippen molar-refractivity contribution >= 4 is 35.0 Å². The molecule has 2 aromatic rings. The smallest absolute Gasteiger partial charge is 0.257 e. The Morgan fingerprint density at radius 3 is 2.31 bits per heavy atom. The summed E-state index contributed by atoms with van der Waals surface area (Å²) >= 11 is 6.30. The van der Waals surface area contributed by atoms with Crippen molar-refractivity contribution in [2.45, 2.75) is 46.2 Å². The zero-order valence-electron chi connectivity index (χ0n) is 16.9. The third-order valence-corrected chi connectivity index (χ3v) is 5.18. The van der Waals surface area contributed by atoms with E-state index in [4.69, 9.17) is 11.6 Å². The lowest BCUT2D eigenvalue weighted by molar-refractivity contribution is -0.140. The van der Waals surface area contributed by atoms with Crippen molar-refractivity contribution in [2.24, 2.45) is 5.41 Å². The molecule has 29 heavy (non-hydrogen) atoms. The number of benzene rings is 2. The maximum Gasteiger partial charge on any atom is 0.257 e. The number of imide groups is 1. The first-order valence-corrected chi connectivity index (χ1v) is 10.00. The molecule has 0 aliphatic carbocycles. The summed E-state index contributed by atoms with van der Waals surface area (Å²) in [6.07, 6.45) is 0.231. The number of hydrogen-bond donors (Lipinski definition) is 0. The lowest BCUT2D eigenvalue weighted by atomic mass is 9.91. The summed E-state index contributed by atoms with van der Waals surface area (Å²) < 4.78 is 0. The number of para-hydroxylation sites is 1. The first-order chi connectivity index (χ1) is 13.7. The van der Waals surface area contributed by atoms with E-state index in [1.165, 1.54) is 9.80 Å². The Morgan fingerprint density at radius 2 is 1.69 bits per heavy atom. The van der Waals surface area contributed by atoms with E-state index < -0.39 is 6.04 Å². The van der Waals surface area contributed by atoms with Crippen molar-refractivity contribution in [2.75, 3.05) is 4.90 Å². The van der Waals surface area contributed by atoms with Crippen LogP contribution in [0.25, 0.3) is 0 Å². The van der Waals surface area contributed by atoms with Crippen molar-refractivity contribution in [1.29, 1.82) is 0 Å². The van der Waals surface area contributed by atoms with E-state index >= 15 is 0 Å². The SMILES string of the molecule is CC(C)(C)CC(=O)N(Cc1ccccc1Cl)C1CC(=O)N(c2ccccc2)C1=O. The van der Waals surface area contributed by atoms with E-state index in [9.17, 15) is 14.4 Å². The predicted octanol–water partition coefficient (Wildman–Crippen LogP) is 4.44. The van der Waals surface area contributed by atoms with Crippen molar-refractivity contribution in [3.05, 3.63) is 65.2 Å². The van der Waals surface area contributed by atoms with Gasteiger partial charge >= 0.3 is 0 Å². The Labute approximate surface area is 176 Å². The van der Waals surface area contributed by atoms with Crippen LogP contribution in [0.5, 0.6) is 0 Å². The molecule has 6 heteroatoms. The molecule has 3 amide bonds. The fourth-order valence-corrected chi connectivity index (χ4v) is 3.64. The van der Waals surface area contributed by atoms with Gasteiger partial charge < -0.3 is 4.90 Å². The molecule has 1 fully saturated rings. The zero-order chi connectivity index (χ0) is 21.2. The Morgan fingerprint density at radius 1 is 1.07 bits per heavy atom. The summed E-state index contributed by atoms with van der Waals surface area (Å²) in [5.41, 5.74) is 1.02. The third kappa shape index (κ3) is 4.85. The first kappa shape index (κ1) is 21.1. The number of carbonyl (C=O) groups excluding carboxylic acids is 3. The summed E-state index contributed by atoms with van der Waals surface area (Å²) in [6.45, 7) is 6.09. The van der Waals surface area contributed by atoms with Gasteiger partial charge in [0.2, 0.25) is 11.8 Å². The minimum Gasteiger partial charge on any atom is -0.326 e. The van der Waals surface area contributed by atoms with Gasteiger partial charge in [-0.25, -0.2) is 4.90 Å². The lowest BCUT2D eigenvalue weighted by Crippen LogP contribution is -2.46. The quantitative estimate of drug-likeness (QED) is 0.682. The van der Waals surface area contributed by atoms with E-state index in [1.54, 1.807) is 30.3 Å². The molecule has 1 aliphatic rings. The largest absolute Gasteiger partial charge is 0.326 e. The minimum absolute atomic E-state index is 0.0337. The highest BCUT2D eigenvalue weighted by molar-refractivity contribution is 6.31. The molecule has 0 N–H and O–H groups in total. The number of anilines is 1. The number of hydrogen-bond acceptors (Lipinski definition) is 3. The lowest BCUT2D eigenvalue weighted by Gasteiger charge is -2.30. The molecule has 2 aromatic carbocycles. The van der Waals surface area contributed by atoms with Crippen molar-refractivity contribution in [3.8, 4) is 0 Å². The Balaban J connectivity index is 1.93. The highest BCUT2D eigenvalue weighted by atomic mass is 35.5. The molecule has 1 heterocycles. The van der Waals surface area contributed by atoms with Gasteiger partial charge in [-0.2, -0.15) is 0 Å². The number of carbonyl (C=O) groups is 3. The normalized spacial score (nSPS) is 17.0. The van der Waals surface area contributed by atoms with Crippen molar-refractivity contribution in [3.63, 3.8) is 0 Å². The van der Waals surface area contributed by atoms with Gasteiger partial charge in [0, 0.05) is 18.0 Å². The van der Waals surface area contributed by atoms with E-state index in [2.05, 4.69) is 0 Å². The molecule has 0 radical (unpaired) electrons. The van der Waals surface area contributed by atoms with Gasteiger partial charge in [-0.15, -0.1) is 0 Å². The summed E-state index contributed by atoms with van der Waals surface area (Å²) in [6, 6.07) is 15.2. The van der Waals surface area contributed by atoms with Crippen molar-refractivity contribution < 1.29 is 14.4 Å². The van der Waals surface area contributed by atoms with Crippen LogP contribution in [0.3, 0.4) is 0 Å². The highest BCUT2D eigenvalue weighted by Crippen LogP contribution is 2.30. The van der Waals surface area contributed by atoms with E-state index in [1.807, 2.05) is 45.0 Å². The molecule has 1 unspecified atom stereocenters. The van der Waals surface area contributed by atoms with E-state index in [0.717, 1.165) is 5.56 Å². The predicted molar refractivity (Wildman–Crippen MR) is 113 cm³/mol. The molecule has 3 rings (SSSR count). The number of amides is 3. The highest BCUT2D eigenvalue weighted by Gasteiger charge is 2.44. The van der Waals surface area contributed by atoms with Gasteiger partial charge in [-0.3, -0.25) is 14.4 Å². The summed E-state index contributed by atoms with van der Waals surface area (Å²) in [7, 11) is 0. The Kier molecular flexibility index (Phi) is 6.08. The zero-order valence-corrected chi connectivity index (χ0v) is 17.6. The van der Waals surface area contributed by atoms with E-state index in [0.29, 0.717) is 10.7 Å². The number of nitrogens with zero attached hydrogens (tertiary/aromatic N) is 2.